The first-order valence-electron chi connectivity index (χ1n) is 11.8. The Labute approximate surface area is 200 Å². The standard InChI is InChI=1S/C25H34N2O5S/c1-17(2)5-4-6-20-15-21(23(33-20)25(30)31)27(16-22(28)26-11-13-32-14-12-26)24(29)19-9-7-18(3)8-10-19/h15,17-19H,5,7-14,16H2,1-3H3,(H,30,31)/t18-,19-. The number of amides is 2. The van der Waals surface area contributed by atoms with Crippen molar-refractivity contribution in [3.8, 4) is 11.8 Å². The Morgan fingerprint density at radius 3 is 2.48 bits per heavy atom. The average Bonchev–Trinajstić information content (AvgIpc) is 3.22. The second kappa shape index (κ2) is 11.7. The van der Waals surface area contributed by atoms with Crippen molar-refractivity contribution in [1.82, 2.24) is 4.90 Å². The van der Waals surface area contributed by atoms with Crippen molar-refractivity contribution < 1.29 is 24.2 Å². The summed E-state index contributed by atoms with van der Waals surface area (Å²) in [7, 11) is 0. The van der Waals surface area contributed by atoms with Gasteiger partial charge in [0.2, 0.25) is 11.8 Å². The summed E-state index contributed by atoms with van der Waals surface area (Å²) in [6.07, 6.45) is 4.14. The second-order valence-corrected chi connectivity index (χ2v) is 10.5. The molecule has 1 N–H and O–H groups in total. The number of carboxylic acid groups (broad SMARTS) is 1. The molecule has 3 rings (SSSR count). The minimum Gasteiger partial charge on any atom is -0.477 e. The topological polar surface area (TPSA) is 87.2 Å². The van der Waals surface area contributed by atoms with Crippen molar-refractivity contribution in [3.05, 3.63) is 15.8 Å². The Morgan fingerprint density at radius 1 is 1.21 bits per heavy atom. The van der Waals surface area contributed by atoms with Crippen LogP contribution in [0.25, 0.3) is 0 Å². The van der Waals surface area contributed by atoms with Crippen LogP contribution >= 0.6 is 11.3 Å². The van der Waals surface area contributed by atoms with Crippen LogP contribution in [0, 0.1) is 29.6 Å². The highest BCUT2D eigenvalue weighted by molar-refractivity contribution is 7.15. The van der Waals surface area contributed by atoms with E-state index in [1.54, 1.807) is 11.0 Å². The van der Waals surface area contributed by atoms with Gasteiger partial charge in [-0.05, 0) is 43.6 Å². The molecule has 1 aromatic rings. The van der Waals surface area contributed by atoms with E-state index >= 15 is 0 Å². The van der Waals surface area contributed by atoms with E-state index in [4.69, 9.17) is 4.74 Å². The molecule has 0 atom stereocenters. The Balaban J connectivity index is 1.92. The lowest BCUT2D eigenvalue weighted by atomic mass is 9.82. The van der Waals surface area contributed by atoms with Gasteiger partial charge in [-0.15, -0.1) is 11.3 Å². The third-order valence-electron chi connectivity index (χ3n) is 6.21. The first-order valence-corrected chi connectivity index (χ1v) is 12.6. The van der Waals surface area contributed by atoms with Crippen molar-refractivity contribution >= 4 is 34.8 Å². The van der Waals surface area contributed by atoms with Crippen molar-refractivity contribution in [2.24, 2.45) is 17.8 Å². The number of rotatable bonds is 6. The average molecular weight is 475 g/mol. The molecule has 2 amide bonds. The molecule has 1 saturated heterocycles. The van der Waals surface area contributed by atoms with Crippen LogP contribution in [0.1, 0.15) is 67.4 Å². The summed E-state index contributed by atoms with van der Waals surface area (Å²) in [5.41, 5.74) is 0.284. The molecule has 7 nitrogen and oxygen atoms in total. The van der Waals surface area contributed by atoms with E-state index in [0.717, 1.165) is 37.0 Å². The Kier molecular flexibility index (Phi) is 8.93. The first-order chi connectivity index (χ1) is 15.8. The van der Waals surface area contributed by atoms with Crippen LogP contribution in [0.15, 0.2) is 6.07 Å². The molecule has 1 aliphatic carbocycles. The Morgan fingerprint density at radius 2 is 1.88 bits per heavy atom. The molecule has 2 aliphatic rings. The van der Waals surface area contributed by atoms with Crippen molar-refractivity contribution in [2.45, 2.75) is 52.9 Å². The van der Waals surface area contributed by atoms with E-state index in [1.807, 2.05) is 0 Å². The zero-order chi connectivity index (χ0) is 24.0. The van der Waals surface area contributed by atoms with Gasteiger partial charge in [0.25, 0.3) is 0 Å². The lowest BCUT2D eigenvalue weighted by Crippen LogP contribution is -2.48. The smallest absolute Gasteiger partial charge is 0.348 e. The highest BCUT2D eigenvalue weighted by atomic mass is 32.1. The van der Waals surface area contributed by atoms with Crippen LogP contribution in [-0.4, -0.2) is 60.6 Å². The van der Waals surface area contributed by atoms with Crippen molar-refractivity contribution in [2.75, 3.05) is 37.7 Å². The van der Waals surface area contributed by atoms with E-state index in [0.29, 0.717) is 49.4 Å². The number of aromatic carboxylic acids is 1. The summed E-state index contributed by atoms with van der Waals surface area (Å²) in [5.74, 6) is 5.46. The molecule has 0 aromatic carbocycles. The molecule has 180 valence electrons. The van der Waals surface area contributed by atoms with Gasteiger partial charge in [-0.2, -0.15) is 0 Å². The molecule has 2 fully saturated rings. The maximum atomic E-state index is 13.6. The molecule has 0 bridgehead atoms. The first kappa shape index (κ1) is 25.3. The van der Waals surface area contributed by atoms with Crippen molar-refractivity contribution in [3.63, 3.8) is 0 Å². The van der Waals surface area contributed by atoms with Crippen LogP contribution in [0.5, 0.6) is 0 Å². The number of carbonyl (C=O) groups excluding carboxylic acids is 2. The summed E-state index contributed by atoms with van der Waals surface area (Å²) >= 11 is 1.06. The fraction of sp³-hybridized carbons (Fsp3) is 0.640. The minimum atomic E-state index is -1.11. The predicted octanol–water partition coefficient (Wildman–Crippen LogP) is 3.86. The Hall–Kier alpha value is -2.37. The van der Waals surface area contributed by atoms with Gasteiger partial charge in [0, 0.05) is 25.4 Å². The number of hydrogen-bond donors (Lipinski definition) is 1. The maximum Gasteiger partial charge on any atom is 0.348 e. The molecule has 1 aliphatic heterocycles. The molecule has 2 heterocycles. The second-order valence-electron chi connectivity index (χ2n) is 9.40. The number of carbonyl (C=O) groups is 3. The molecule has 0 spiro atoms. The highest BCUT2D eigenvalue weighted by Crippen LogP contribution is 2.35. The van der Waals surface area contributed by atoms with E-state index in [1.165, 1.54) is 4.90 Å². The molecule has 1 aromatic heterocycles. The molecule has 1 saturated carbocycles. The number of morpholine rings is 1. The van der Waals surface area contributed by atoms with Gasteiger partial charge in [-0.25, -0.2) is 4.79 Å². The summed E-state index contributed by atoms with van der Waals surface area (Å²) in [5, 5.41) is 9.86. The van der Waals surface area contributed by atoms with E-state index < -0.39 is 5.97 Å². The Bertz CT molecular complexity index is 915. The molecule has 0 unspecified atom stereocenters. The van der Waals surface area contributed by atoms with E-state index in [2.05, 4.69) is 32.6 Å². The molecule has 0 radical (unpaired) electrons. The van der Waals surface area contributed by atoms with Gasteiger partial charge in [0.15, 0.2) is 0 Å². The number of nitrogens with zero attached hydrogens (tertiary/aromatic N) is 2. The van der Waals surface area contributed by atoms with Crippen molar-refractivity contribution in [1.29, 1.82) is 0 Å². The van der Waals surface area contributed by atoms with Crippen LogP contribution in [0.3, 0.4) is 0 Å². The molecular weight excluding hydrogens is 440 g/mol. The third kappa shape index (κ3) is 6.81. The van der Waals surface area contributed by atoms with Gasteiger partial charge in [0.05, 0.1) is 23.8 Å². The number of ether oxygens (including phenoxy) is 1. The fourth-order valence-electron chi connectivity index (χ4n) is 4.20. The predicted molar refractivity (Wildman–Crippen MR) is 128 cm³/mol. The quantitative estimate of drug-likeness (QED) is 0.633. The normalized spacial score (nSPS) is 20.8. The van der Waals surface area contributed by atoms with Gasteiger partial charge in [0.1, 0.15) is 11.4 Å². The van der Waals surface area contributed by atoms with Gasteiger partial charge < -0.3 is 19.6 Å². The van der Waals surface area contributed by atoms with E-state index in [9.17, 15) is 19.5 Å². The summed E-state index contributed by atoms with van der Waals surface area (Å²) in [4.78, 5) is 42.5. The lowest BCUT2D eigenvalue weighted by molar-refractivity contribution is -0.135. The third-order valence-corrected chi connectivity index (χ3v) is 7.24. The number of hydrogen-bond acceptors (Lipinski definition) is 5. The lowest BCUT2D eigenvalue weighted by Gasteiger charge is -2.33. The van der Waals surface area contributed by atoms with Crippen LogP contribution in [0.2, 0.25) is 0 Å². The van der Waals surface area contributed by atoms with Crippen LogP contribution in [-0.2, 0) is 14.3 Å². The molecule has 8 heteroatoms. The van der Waals surface area contributed by atoms with Crippen LogP contribution in [0.4, 0.5) is 5.69 Å². The monoisotopic (exact) mass is 474 g/mol. The zero-order valence-electron chi connectivity index (χ0n) is 19.8. The largest absolute Gasteiger partial charge is 0.477 e. The number of thiophene rings is 1. The summed E-state index contributed by atoms with van der Waals surface area (Å²) < 4.78 is 5.33. The van der Waals surface area contributed by atoms with Gasteiger partial charge >= 0.3 is 5.97 Å². The molecular formula is C25H34N2O5S. The van der Waals surface area contributed by atoms with Gasteiger partial charge in [-0.1, -0.05) is 32.6 Å². The maximum absolute atomic E-state index is 13.6. The number of carboxylic acids is 1. The summed E-state index contributed by atoms with van der Waals surface area (Å²) in [6.45, 7) is 8.04. The van der Waals surface area contributed by atoms with Crippen LogP contribution < -0.4 is 4.90 Å². The summed E-state index contributed by atoms with van der Waals surface area (Å²) in [6, 6.07) is 1.66. The van der Waals surface area contributed by atoms with Gasteiger partial charge in [-0.3, -0.25) is 9.59 Å². The SMILES string of the molecule is CC(C)CC#Cc1cc(N(CC(=O)N2CCOCC2)C(=O)[C@H]2CC[C@H](C)CC2)c(C(=O)O)s1. The number of anilines is 1. The molecule has 33 heavy (non-hydrogen) atoms. The zero-order valence-corrected chi connectivity index (χ0v) is 20.6. The fourth-order valence-corrected chi connectivity index (χ4v) is 5.07. The minimum absolute atomic E-state index is 0.0520. The van der Waals surface area contributed by atoms with E-state index in [-0.39, 0.29) is 34.8 Å². The highest BCUT2D eigenvalue weighted by Gasteiger charge is 2.34.